The molecule has 2 saturated heterocycles. The van der Waals surface area contributed by atoms with E-state index in [4.69, 9.17) is 21.9 Å². The summed E-state index contributed by atoms with van der Waals surface area (Å²) in [6.07, 6.45) is 5.63. The lowest BCUT2D eigenvalue weighted by atomic mass is 10.00. The minimum Gasteiger partial charge on any atom is -0.379 e. The van der Waals surface area contributed by atoms with Crippen molar-refractivity contribution in [2.45, 2.75) is 19.9 Å². The van der Waals surface area contributed by atoms with Crippen LogP contribution in [0.15, 0.2) is 42.9 Å². The van der Waals surface area contributed by atoms with Gasteiger partial charge < -0.3 is 30.2 Å². The van der Waals surface area contributed by atoms with Gasteiger partial charge in [-0.1, -0.05) is 19.9 Å². The van der Waals surface area contributed by atoms with Gasteiger partial charge in [0.1, 0.15) is 11.6 Å². The average molecular weight is 509 g/mol. The number of anilines is 3. The average Bonchev–Trinajstić information content (AvgIpc) is 3.39. The van der Waals surface area contributed by atoms with Gasteiger partial charge in [0.25, 0.3) is 0 Å². The van der Waals surface area contributed by atoms with Crippen LogP contribution in [0.25, 0.3) is 10.9 Å². The summed E-state index contributed by atoms with van der Waals surface area (Å²) >= 11 is 5.90. The first-order chi connectivity index (χ1) is 17.6. The second-order valence-corrected chi connectivity index (χ2v) is 10.2. The van der Waals surface area contributed by atoms with E-state index in [2.05, 4.69) is 67.3 Å². The number of ether oxygens (including phenoxy) is 1. The van der Waals surface area contributed by atoms with E-state index < -0.39 is 0 Å². The second-order valence-electron chi connectivity index (χ2n) is 9.77. The largest absolute Gasteiger partial charge is 0.379 e. The molecule has 1 aromatic carbocycles. The molecule has 4 heterocycles. The lowest BCUT2D eigenvalue weighted by molar-refractivity contribution is 0.0398. The Balaban J connectivity index is 1.21. The number of morpholine rings is 1. The van der Waals surface area contributed by atoms with E-state index in [1.54, 1.807) is 6.20 Å². The van der Waals surface area contributed by atoms with Crippen molar-refractivity contribution >= 4 is 45.6 Å². The van der Waals surface area contributed by atoms with Crippen molar-refractivity contribution in [3.63, 3.8) is 0 Å². The van der Waals surface area contributed by atoms with Gasteiger partial charge in [0, 0.05) is 68.6 Å². The third-order valence-electron chi connectivity index (χ3n) is 7.07. The second kappa shape index (κ2) is 11.4. The third kappa shape index (κ3) is 5.71. The summed E-state index contributed by atoms with van der Waals surface area (Å²) in [6, 6.07) is 8.55. The molecular weight excluding hydrogens is 472 g/mol. The third-order valence-corrected chi connectivity index (χ3v) is 7.41. The highest BCUT2D eigenvalue weighted by atomic mass is 32.1. The molecule has 0 spiro atoms. The van der Waals surface area contributed by atoms with Crippen LogP contribution in [0.3, 0.4) is 0 Å². The monoisotopic (exact) mass is 508 g/mol. The normalized spacial score (nSPS) is 19.1. The van der Waals surface area contributed by atoms with E-state index in [1.807, 2.05) is 18.5 Å². The molecule has 192 valence electrons. The summed E-state index contributed by atoms with van der Waals surface area (Å²) in [7, 11) is 0. The molecule has 3 N–H and O–H groups in total. The van der Waals surface area contributed by atoms with Gasteiger partial charge in [-0.2, -0.15) is 0 Å². The first-order valence-corrected chi connectivity index (χ1v) is 13.2. The number of nitrogens with zero attached hydrogens (tertiary/aromatic N) is 5. The maximum Gasteiger partial charge on any atom is 0.173 e. The number of fused-ring (bicyclic) bond motifs is 1. The Kier molecular flexibility index (Phi) is 7.84. The Morgan fingerprint density at radius 2 is 2.03 bits per heavy atom. The van der Waals surface area contributed by atoms with Crippen LogP contribution in [0.2, 0.25) is 0 Å². The van der Waals surface area contributed by atoms with Gasteiger partial charge in [0.2, 0.25) is 0 Å². The van der Waals surface area contributed by atoms with Crippen molar-refractivity contribution in [2.75, 3.05) is 74.6 Å². The van der Waals surface area contributed by atoms with Crippen molar-refractivity contribution in [3.05, 3.63) is 42.9 Å². The zero-order valence-corrected chi connectivity index (χ0v) is 21.9. The molecule has 0 amide bonds. The van der Waals surface area contributed by atoms with Crippen molar-refractivity contribution in [1.29, 1.82) is 0 Å². The minimum atomic E-state index is 0.268. The lowest BCUT2D eigenvalue weighted by Crippen LogP contribution is -2.58. The standard InChI is InChI=1S/C26H36N8OS/c1-19(2)23-18-33(25-17-27-16-24(31-25)29-8-9-32-12-14-35-15-13-32)10-11-34(23)26(36)30-22-5-3-4-21-20(22)6-7-28-21/h3-7,16-17,19,23,28H,8-15,18H2,1-2H3,(H,29,31)(H,30,36). The van der Waals surface area contributed by atoms with Crippen LogP contribution in [0.4, 0.5) is 17.3 Å². The quantitative estimate of drug-likeness (QED) is 0.417. The van der Waals surface area contributed by atoms with E-state index >= 15 is 0 Å². The number of hydrogen-bond acceptors (Lipinski definition) is 7. The minimum absolute atomic E-state index is 0.268. The zero-order valence-electron chi connectivity index (χ0n) is 21.1. The molecule has 9 nitrogen and oxygen atoms in total. The number of benzene rings is 1. The van der Waals surface area contributed by atoms with Crippen LogP contribution in [-0.2, 0) is 4.74 Å². The molecule has 2 aliphatic heterocycles. The SMILES string of the molecule is CC(C)C1CN(c2cncc(NCCN3CCOCC3)n2)CCN1C(=S)Nc1cccc2[nH]ccc12. The van der Waals surface area contributed by atoms with E-state index in [-0.39, 0.29) is 6.04 Å². The Morgan fingerprint density at radius 1 is 1.17 bits per heavy atom. The van der Waals surface area contributed by atoms with Crippen molar-refractivity contribution < 1.29 is 4.74 Å². The molecule has 1 unspecified atom stereocenters. The van der Waals surface area contributed by atoms with Gasteiger partial charge in [-0.15, -0.1) is 0 Å². The number of hydrogen-bond donors (Lipinski definition) is 3. The molecule has 0 radical (unpaired) electrons. The molecule has 10 heteroatoms. The maximum absolute atomic E-state index is 5.90. The van der Waals surface area contributed by atoms with Gasteiger partial charge in [-0.25, -0.2) is 4.98 Å². The summed E-state index contributed by atoms with van der Waals surface area (Å²) in [4.78, 5) is 19.7. The molecule has 2 fully saturated rings. The molecule has 5 rings (SSSR count). The zero-order chi connectivity index (χ0) is 24.9. The van der Waals surface area contributed by atoms with Crippen LogP contribution in [0.5, 0.6) is 0 Å². The van der Waals surface area contributed by atoms with Gasteiger partial charge in [0.05, 0.1) is 31.6 Å². The van der Waals surface area contributed by atoms with E-state index in [0.29, 0.717) is 5.92 Å². The number of piperazine rings is 1. The van der Waals surface area contributed by atoms with Gasteiger partial charge >= 0.3 is 0 Å². The molecule has 3 aromatic rings. The van der Waals surface area contributed by atoms with E-state index in [9.17, 15) is 0 Å². The van der Waals surface area contributed by atoms with E-state index in [0.717, 1.165) is 92.4 Å². The summed E-state index contributed by atoms with van der Waals surface area (Å²) in [5.74, 6) is 2.16. The molecule has 1 atom stereocenters. The highest BCUT2D eigenvalue weighted by Gasteiger charge is 2.32. The summed E-state index contributed by atoms with van der Waals surface area (Å²) in [5.41, 5.74) is 2.13. The van der Waals surface area contributed by atoms with E-state index in [1.165, 1.54) is 0 Å². The summed E-state index contributed by atoms with van der Waals surface area (Å²) in [6.45, 7) is 12.5. The van der Waals surface area contributed by atoms with Crippen molar-refractivity contribution in [3.8, 4) is 0 Å². The van der Waals surface area contributed by atoms with Crippen LogP contribution < -0.4 is 15.5 Å². The molecule has 0 aliphatic carbocycles. The number of nitrogens with one attached hydrogen (secondary N) is 3. The molecular formula is C26H36N8OS. The molecule has 0 saturated carbocycles. The fraction of sp³-hybridized carbons (Fsp3) is 0.500. The fourth-order valence-corrected chi connectivity index (χ4v) is 5.32. The number of aromatic nitrogens is 3. The smallest absolute Gasteiger partial charge is 0.173 e. The summed E-state index contributed by atoms with van der Waals surface area (Å²) < 4.78 is 5.43. The Bertz CT molecular complexity index is 1160. The van der Waals surface area contributed by atoms with Crippen LogP contribution in [-0.4, -0.2) is 94.9 Å². The lowest BCUT2D eigenvalue weighted by Gasteiger charge is -2.45. The van der Waals surface area contributed by atoms with Crippen LogP contribution in [0.1, 0.15) is 13.8 Å². The molecule has 2 aromatic heterocycles. The Morgan fingerprint density at radius 3 is 2.86 bits per heavy atom. The Hall–Kier alpha value is -2.95. The maximum atomic E-state index is 5.90. The number of rotatable bonds is 7. The first-order valence-electron chi connectivity index (χ1n) is 12.8. The predicted octanol–water partition coefficient (Wildman–Crippen LogP) is 3.25. The predicted molar refractivity (Wildman–Crippen MR) is 150 cm³/mol. The summed E-state index contributed by atoms with van der Waals surface area (Å²) in [5, 5.41) is 8.87. The highest BCUT2D eigenvalue weighted by molar-refractivity contribution is 7.80. The number of aromatic amines is 1. The topological polar surface area (TPSA) is 84.6 Å². The number of H-pyrrole nitrogens is 1. The van der Waals surface area contributed by atoms with Crippen molar-refractivity contribution in [2.24, 2.45) is 5.92 Å². The molecule has 2 aliphatic rings. The first kappa shape index (κ1) is 24.7. The fourth-order valence-electron chi connectivity index (χ4n) is 4.98. The highest BCUT2D eigenvalue weighted by Crippen LogP contribution is 2.26. The van der Waals surface area contributed by atoms with Gasteiger partial charge in [0.15, 0.2) is 5.11 Å². The molecule has 0 bridgehead atoms. The van der Waals surface area contributed by atoms with Gasteiger partial charge in [-0.05, 0) is 36.3 Å². The van der Waals surface area contributed by atoms with Crippen LogP contribution in [0, 0.1) is 5.92 Å². The van der Waals surface area contributed by atoms with Gasteiger partial charge in [-0.3, -0.25) is 9.88 Å². The Labute approximate surface area is 218 Å². The van der Waals surface area contributed by atoms with Crippen molar-refractivity contribution in [1.82, 2.24) is 24.8 Å². The molecule has 36 heavy (non-hydrogen) atoms. The van der Waals surface area contributed by atoms with Crippen LogP contribution >= 0.6 is 12.2 Å². The number of thiocarbonyl (C=S) groups is 1.